The molecule has 23 heavy (non-hydrogen) atoms. The summed E-state index contributed by atoms with van der Waals surface area (Å²) in [6.45, 7) is 0.601. The number of rotatable bonds is 3. The van der Waals surface area contributed by atoms with Gasteiger partial charge in [0, 0.05) is 31.1 Å². The zero-order valence-corrected chi connectivity index (χ0v) is 13.2. The fraction of sp³-hybridized carbons (Fsp3) is 0.588. The highest BCUT2D eigenvalue weighted by atomic mass is 16.5. The summed E-state index contributed by atoms with van der Waals surface area (Å²) in [4.78, 5) is 26.5. The number of aromatic nitrogens is 1. The van der Waals surface area contributed by atoms with Crippen molar-refractivity contribution in [3.63, 3.8) is 0 Å². The summed E-state index contributed by atoms with van der Waals surface area (Å²) in [6.07, 6.45) is 10.0. The lowest BCUT2D eigenvalue weighted by molar-refractivity contribution is -0.605. The molecule has 0 unspecified atom stereocenters. The second kappa shape index (κ2) is 6.98. The van der Waals surface area contributed by atoms with Crippen LogP contribution in [0.4, 0.5) is 0 Å². The number of likely N-dealkylation sites (tertiary alicyclic amines) is 1. The van der Waals surface area contributed by atoms with Gasteiger partial charge in [0.25, 0.3) is 5.91 Å². The topological polar surface area (TPSA) is 76.4 Å². The number of hydrogen-bond acceptors (Lipinski definition) is 3. The van der Waals surface area contributed by atoms with E-state index >= 15 is 0 Å². The molecule has 1 atom stereocenters. The van der Waals surface area contributed by atoms with Crippen molar-refractivity contribution in [2.24, 2.45) is 0 Å². The van der Waals surface area contributed by atoms with E-state index in [-0.39, 0.29) is 17.9 Å². The average Bonchev–Trinajstić information content (AvgIpc) is 2.75. The minimum Gasteiger partial charge on any atom is -0.619 e. The smallest absolute Gasteiger partial charge is 0.252 e. The monoisotopic (exact) mass is 317 g/mol. The van der Waals surface area contributed by atoms with Crippen molar-refractivity contribution in [3.05, 3.63) is 35.3 Å². The van der Waals surface area contributed by atoms with Gasteiger partial charge in [-0.05, 0) is 12.8 Å². The van der Waals surface area contributed by atoms with E-state index in [0.29, 0.717) is 29.3 Å². The molecule has 6 nitrogen and oxygen atoms in total. The number of pyridine rings is 1. The fourth-order valence-electron chi connectivity index (χ4n) is 3.58. The normalized spacial score (nSPS) is 22.9. The standard InChI is InChI=1S/C17H23N3O3/c21-16-11-14(12-20(16)15-5-3-1-2-4-6-15)18-17(22)13-7-9-19(23)10-8-13/h7-10,14-15H,1-6,11-12H2,(H,18,22)/t14-/m0/s1. The highest BCUT2D eigenvalue weighted by molar-refractivity contribution is 5.94. The molecule has 3 rings (SSSR count). The van der Waals surface area contributed by atoms with E-state index in [1.165, 1.54) is 50.2 Å². The third-order valence-electron chi connectivity index (χ3n) is 4.82. The third kappa shape index (κ3) is 3.81. The summed E-state index contributed by atoms with van der Waals surface area (Å²) >= 11 is 0. The largest absolute Gasteiger partial charge is 0.619 e. The highest BCUT2D eigenvalue weighted by Crippen LogP contribution is 2.25. The van der Waals surface area contributed by atoms with Gasteiger partial charge in [0.05, 0.1) is 11.6 Å². The second-order valence-corrected chi connectivity index (χ2v) is 6.51. The summed E-state index contributed by atoms with van der Waals surface area (Å²) < 4.78 is 0.643. The molecule has 124 valence electrons. The van der Waals surface area contributed by atoms with Crippen LogP contribution in [0, 0.1) is 5.21 Å². The van der Waals surface area contributed by atoms with Crippen molar-refractivity contribution in [2.45, 2.75) is 57.0 Å². The molecule has 0 aromatic carbocycles. The third-order valence-corrected chi connectivity index (χ3v) is 4.82. The highest BCUT2D eigenvalue weighted by Gasteiger charge is 2.35. The van der Waals surface area contributed by atoms with Crippen LogP contribution in [0.1, 0.15) is 55.3 Å². The Morgan fingerprint density at radius 3 is 2.48 bits per heavy atom. The zero-order chi connectivity index (χ0) is 16.2. The van der Waals surface area contributed by atoms with Crippen molar-refractivity contribution in [1.29, 1.82) is 0 Å². The molecule has 1 aromatic heterocycles. The maximum Gasteiger partial charge on any atom is 0.252 e. The Labute approximate surface area is 136 Å². The molecule has 1 N–H and O–H groups in total. The van der Waals surface area contributed by atoms with Crippen LogP contribution >= 0.6 is 0 Å². The van der Waals surface area contributed by atoms with Gasteiger partial charge in [-0.3, -0.25) is 9.59 Å². The van der Waals surface area contributed by atoms with Gasteiger partial charge in [0.15, 0.2) is 12.4 Å². The molecule has 2 fully saturated rings. The Kier molecular flexibility index (Phi) is 4.79. The van der Waals surface area contributed by atoms with Gasteiger partial charge in [-0.15, -0.1) is 0 Å². The number of carbonyl (C=O) groups is 2. The van der Waals surface area contributed by atoms with Crippen LogP contribution < -0.4 is 10.0 Å². The molecule has 6 heteroatoms. The molecular weight excluding hydrogens is 294 g/mol. The van der Waals surface area contributed by atoms with Gasteiger partial charge < -0.3 is 15.4 Å². The van der Waals surface area contributed by atoms with Crippen LogP contribution in [0.25, 0.3) is 0 Å². The summed E-state index contributed by atoms with van der Waals surface area (Å²) in [5.41, 5.74) is 0.442. The minimum atomic E-state index is -0.230. The van der Waals surface area contributed by atoms with Crippen LogP contribution in [0.5, 0.6) is 0 Å². The lowest BCUT2D eigenvalue weighted by Gasteiger charge is -2.27. The van der Waals surface area contributed by atoms with Gasteiger partial charge in [-0.25, -0.2) is 0 Å². The van der Waals surface area contributed by atoms with E-state index in [1.54, 1.807) is 0 Å². The van der Waals surface area contributed by atoms with Crippen molar-refractivity contribution >= 4 is 11.8 Å². The van der Waals surface area contributed by atoms with Gasteiger partial charge in [-0.1, -0.05) is 25.7 Å². The predicted molar refractivity (Wildman–Crippen MR) is 84.5 cm³/mol. The van der Waals surface area contributed by atoms with E-state index in [0.717, 1.165) is 12.8 Å². The van der Waals surface area contributed by atoms with Crippen LogP contribution in [0.3, 0.4) is 0 Å². The molecule has 0 radical (unpaired) electrons. The Morgan fingerprint density at radius 1 is 1.17 bits per heavy atom. The van der Waals surface area contributed by atoms with Crippen LogP contribution in [-0.4, -0.2) is 35.3 Å². The SMILES string of the molecule is O=C(N[C@H]1CC(=O)N(C2CCCCCC2)C1)c1cc[n+]([O-])cc1. The van der Waals surface area contributed by atoms with Crippen LogP contribution in [0.15, 0.2) is 24.5 Å². The molecule has 0 bridgehead atoms. The van der Waals surface area contributed by atoms with Gasteiger partial charge in [0.2, 0.25) is 5.91 Å². The summed E-state index contributed by atoms with van der Waals surface area (Å²) in [7, 11) is 0. The van der Waals surface area contributed by atoms with Crippen molar-refractivity contribution < 1.29 is 14.3 Å². The Balaban J connectivity index is 1.58. The molecule has 2 heterocycles. The van der Waals surface area contributed by atoms with Crippen LogP contribution in [0.2, 0.25) is 0 Å². The Hall–Kier alpha value is -2.11. The molecule has 1 saturated carbocycles. The summed E-state index contributed by atoms with van der Waals surface area (Å²) in [5, 5.41) is 13.9. The lowest BCUT2D eigenvalue weighted by Crippen LogP contribution is -2.40. The Morgan fingerprint density at radius 2 is 1.83 bits per heavy atom. The Bertz CT molecular complexity index is 565. The molecule has 1 aliphatic carbocycles. The predicted octanol–water partition coefficient (Wildman–Crippen LogP) is 1.37. The molecule has 1 saturated heterocycles. The zero-order valence-electron chi connectivity index (χ0n) is 13.2. The maximum atomic E-state index is 12.3. The average molecular weight is 317 g/mol. The first kappa shape index (κ1) is 15.8. The molecule has 1 aromatic rings. The van der Waals surface area contributed by atoms with E-state index in [4.69, 9.17) is 0 Å². The molecular formula is C17H23N3O3. The summed E-state index contributed by atoms with van der Waals surface area (Å²) in [5.74, 6) is -0.0845. The molecule has 0 spiro atoms. The maximum absolute atomic E-state index is 12.3. The van der Waals surface area contributed by atoms with Gasteiger partial charge in [0.1, 0.15) is 0 Å². The van der Waals surface area contributed by atoms with Gasteiger partial charge in [-0.2, -0.15) is 4.73 Å². The fourth-order valence-corrected chi connectivity index (χ4v) is 3.58. The number of hydrogen-bond donors (Lipinski definition) is 1. The number of carbonyl (C=O) groups excluding carboxylic acids is 2. The number of nitrogens with zero attached hydrogens (tertiary/aromatic N) is 2. The molecule has 2 aliphatic rings. The first-order chi connectivity index (χ1) is 11.1. The van der Waals surface area contributed by atoms with Crippen molar-refractivity contribution in [1.82, 2.24) is 10.2 Å². The lowest BCUT2D eigenvalue weighted by atomic mass is 10.1. The number of amides is 2. The molecule has 2 amide bonds. The second-order valence-electron chi connectivity index (χ2n) is 6.51. The van der Waals surface area contributed by atoms with E-state index < -0.39 is 0 Å². The van der Waals surface area contributed by atoms with Crippen molar-refractivity contribution in [3.8, 4) is 0 Å². The van der Waals surface area contributed by atoms with E-state index in [1.807, 2.05) is 4.90 Å². The quantitative estimate of drug-likeness (QED) is 0.520. The van der Waals surface area contributed by atoms with Gasteiger partial charge >= 0.3 is 0 Å². The van der Waals surface area contributed by atoms with E-state index in [9.17, 15) is 14.8 Å². The minimum absolute atomic E-state index is 0.141. The molecule has 1 aliphatic heterocycles. The van der Waals surface area contributed by atoms with Crippen LogP contribution in [-0.2, 0) is 4.79 Å². The first-order valence-electron chi connectivity index (χ1n) is 8.42. The van der Waals surface area contributed by atoms with Crippen molar-refractivity contribution in [2.75, 3.05) is 6.54 Å². The number of nitrogens with one attached hydrogen (secondary N) is 1. The van der Waals surface area contributed by atoms with E-state index in [2.05, 4.69) is 5.32 Å². The summed E-state index contributed by atoms with van der Waals surface area (Å²) in [6, 6.07) is 3.17. The first-order valence-corrected chi connectivity index (χ1v) is 8.42.